The van der Waals surface area contributed by atoms with E-state index in [0.29, 0.717) is 15.1 Å². The summed E-state index contributed by atoms with van der Waals surface area (Å²) in [5, 5.41) is 0.525. The van der Waals surface area contributed by atoms with Crippen LogP contribution in [0, 0.1) is 0 Å². The van der Waals surface area contributed by atoms with Gasteiger partial charge in [-0.05, 0) is 34.1 Å². The second-order valence-corrected chi connectivity index (χ2v) is 3.50. The average molecular weight is 259 g/mol. The van der Waals surface area contributed by atoms with Crippen LogP contribution in [0.25, 0.3) is 5.53 Å². The van der Waals surface area contributed by atoms with E-state index in [1.807, 2.05) is 0 Å². The maximum absolute atomic E-state index is 11.1. The van der Waals surface area contributed by atoms with Crippen molar-refractivity contribution in [3.63, 3.8) is 0 Å². The van der Waals surface area contributed by atoms with Crippen molar-refractivity contribution in [3.8, 4) is 0 Å². The molecule has 0 aromatic heterocycles. The molecule has 5 heteroatoms. The lowest BCUT2D eigenvalue weighted by molar-refractivity contribution is 0.00235. The zero-order valence-electron chi connectivity index (χ0n) is 6.37. The van der Waals surface area contributed by atoms with Gasteiger partial charge in [-0.1, -0.05) is 11.6 Å². The average Bonchev–Trinajstić information content (AvgIpc) is 2.10. The molecule has 0 aliphatic rings. The number of ketones is 1. The molecule has 0 spiro atoms. The first-order chi connectivity index (χ1) is 6.15. The van der Waals surface area contributed by atoms with E-state index in [2.05, 4.69) is 20.7 Å². The summed E-state index contributed by atoms with van der Waals surface area (Å²) in [5.74, 6) is -0.375. The van der Waals surface area contributed by atoms with Gasteiger partial charge < -0.3 is 5.53 Å². The number of halogens is 2. The van der Waals surface area contributed by atoms with Crippen LogP contribution in [0.3, 0.4) is 0 Å². The monoisotopic (exact) mass is 258 g/mol. The lowest BCUT2D eigenvalue weighted by Crippen LogP contribution is -2.00. The van der Waals surface area contributed by atoms with Gasteiger partial charge in [0.1, 0.15) is 0 Å². The van der Waals surface area contributed by atoms with Crippen molar-refractivity contribution in [1.29, 1.82) is 0 Å². The van der Waals surface area contributed by atoms with Crippen LogP contribution in [-0.4, -0.2) is 16.8 Å². The summed E-state index contributed by atoms with van der Waals surface area (Å²) in [5.41, 5.74) is 8.54. The number of carbonyl (C=O) groups excluding carboxylic acids is 1. The molecule has 0 radical (unpaired) electrons. The third-order valence-corrected chi connectivity index (χ3v) is 2.59. The van der Waals surface area contributed by atoms with E-state index >= 15 is 0 Å². The summed E-state index contributed by atoms with van der Waals surface area (Å²) >= 11 is 8.90. The van der Waals surface area contributed by atoms with Crippen LogP contribution in [0.4, 0.5) is 0 Å². The van der Waals surface area contributed by atoms with E-state index < -0.39 is 0 Å². The molecule has 1 aromatic rings. The predicted octanol–water partition coefficient (Wildman–Crippen LogP) is 2.59. The highest BCUT2D eigenvalue weighted by atomic mass is 79.9. The zero-order valence-corrected chi connectivity index (χ0v) is 8.71. The van der Waals surface area contributed by atoms with Gasteiger partial charge in [0.2, 0.25) is 0 Å². The van der Waals surface area contributed by atoms with Crippen LogP contribution in [-0.2, 0) is 0 Å². The number of carbonyl (C=O) groups is 1. The highest BCUT2D eigenvalue weighted by molar-refractivity contribution is 9.10. The molecule has 1 aromatic carbocycles. The van der Waals surface area contributed by atoms with Crippen molar-refractivity contribution in [3.05, 3.63) is 38.8 Å². The van der Waals surface area contributed by atoms with E-state index in [1.165, 1.54) is 0 Å². The van der Waals surface area contributed by atoms with E-state index in [1.54, 1.807) is 18.2 Å². The first kappa shape index (κ1) is 10.1. The normalized spacial score (nSPS) is 9.08. The second kappa shape index (κ2) is 4.33. The molecule has 0 aliphatic carbocycles. The predicted molar refractivity (Wildman–Crippen MR) is 53.2 cm³/mol. The molecule has 0 bridgehead atoms. The van der Waals surface area contributed by atoms with Gasteiger partial charge in [0.05, 0.1) is 5.02 Å². The first-order valence-corrected chi connectivity index (χ1v) is 4.49. The molecule has 0 saturated carbocycles. The van der Waals surface area contributed by atoms with Gasteiger partial charge in [-0.3, -0.25) is 4.79 Å². The van der Waals surface area contributed by atoms with Crippen molar-refractivity contribution >= 4 is 39.5 Å². The van der Waals surface area contributed by atoms with Crippen LogP contribution in [0.15, 0.2) is 22.7 Å². The molecule has 0 unspecified atom stereocenters. The molecule has 3 nitrogen and oxygen atoms in total. The smallest absolute Gasteiger partial charge is 0.328 e. The molecular formula is C8H4BrClN2O. The Morgan fingerprint density at radius 2 is 2.31 bits per heavy atom. The highest BCUT2D eigenvalue weighted by Crippen LogP contribution is 2.23. The summed E-state index contributed by atoms with van der Waals surface area (Å²) in [7, 11) is 0. The van der Waals surface area contributed by atoms with Gasteiger partial charge >= 0.3 is 6.21 Å². The van der Waals surface area contributed by atoms with Crippen LogP contribution >= 0.6 is 27.5 Å². The molecular weight excluding hydrogens is 255 g/mol. The van der Waals surface area contributed by atoms with Gasteiger partial charge in [0.15, 0.2) is 0 Å². The molecule has 0 N–H and O–H groups in total. The van der Waals surface area contributed by atoms with Gasteiger partial charge in [0.25, 0.3) is 5.78 Å². The van der Waals surface area contributed by atoms with E-state index in [4.69, 9.17) is 17.1 Å². The number of hydrogen-bond acceptors (Lipinski definition) is 1. The van der Waals surface area contributed by atoms with E-state index in [9.17, 15) is 4.79 Å². The lowest BCUT2D eigenvalue weighted by Gasteiger charge is -1.96. The minimum Gasteiger partial charge on any atom is -0.361 e. The lowest BCUT2D eigenvalue weighted by atomic mass is 10.1. The quantitative estimate of drug-likeness (QED) is 0.348. The molecule has 1 rings (SSSR count). The Bertz CT molecular complexity index is 399. The molecule has 13 heavy (non-hydrogen) atoms. The van der Waals surface area contributed by atoms with Gasteiger partial charge in [-0.15, -0.1) is 0 Å². The molecule has 0 saturated heterocycles. The SMILES string of the molecule is [N-]=[N+]=CC(=O)c1ccc(Cl)c(Br)c1. The zero-order chi connectivity index (χ0) is 9.84. The van der Waals surface area contributed by atoms with Crippen LogP contribution in [0.5, 0.6) is 0 Å². The molecule has 0 heterocycles. The minimum atomic E-state index is -0.375. The van der Waals surface area contributed by atoms with Crippen LogP contribution < -0.4 is 0 Å². The Labute approximate surface area is 88.1 Å². The maximum atomic E-state index is 11.1. The number of rotatable bonds is 2. The van der Waals surface area contributed by atoms with Crippen molar-refractivity contribution < 1.29 is 9.58 Å². The number of hydrogen-bond donors (Lipinski definition) is 0. The molecule has 0 aliphatic heterocycles. The molecule has 0 amide bonds. The molecule has 0 fully saturated rings. The summed E-state index contributed by atoms with van der Waals surface area (Å²) < 4.78 is 0.631. The van der Waals surface area contributed by atoms with E-state index in [-0.39, 0.29) is 5.78 Å². The van der Waals surface area contributed by atoms with Crippen LogP contribution in [0.2, 0.25) is 5.02 Å². The first-order valence-electron chi connectivity index (χ1n) is 3.32. The fourth-order valence-corrected chi connectivity index (χ4v) is 1.27. The second-order valence-electron chi connectivity index (χ2n) is 2.24. The largest absolute Gasteiger partial charge is 0.361 e. The summed E-state index contributed by atoms with van der Waals surface area (Å²) in [6.45, 7) is 0. The standard InChI is InChI=1S/C8H4BrClN2O/c9-6-3-5(1-2-7(6)10)8(13)4-12-11/h1-4H. The summed E-state index contributed by atoms with van der Waals surface area (Å²) in [6, 6.07) is 4.70. The van der Waals surface area contributed by atoms with Crippen molar-refractivity contribution in [2.45, 2.75) is 0 Å². The Kier molecular flexibility index (Phi) is 3.37. The van der Waals surface area contributed by atoms with Crippen molar-refractivity contribution in [2.75, 3.05) is 0 Å². The Balaban J connectivity index is 3.10. The fourth-order valence-electron chi connectivity index (χ4n) is 0.776. The third kappa shape index (κ3) is 2.49. The topological polar surface area (TPSA) is 53.5 Å². The fraction of sp³-hybridized carbons (Fsp3) is 0. The Hall–Kier alpha value is -0.960. The Morgan fingerprint density at radius 3 is 2.85 bits per heavy atom. The summed E-state index contributed by atoms with van der Waals surface area (Å²) in [4.78, 5) is 13.8. The number of nitrogens with zero attached hydrogens (tertiary/aromatic N) is 2. The van der Waals surface area contributed by atoms with Crippen molar-refractivity contribution in [1.82, 2.24) is 0 Å². The minimum absolute atomic E-state index is 0.375. The van der Waals surface area contributed by atoms with Gasteiger partial charge in [0, 0.05) is 10.0 Å². The van der Waals surface area contributed by atoms with Crippen LogP contribution in [0.1, 0.15) is 10.4 Å². The number of benzene rings is 1. The Morgan fingerprint density at radius 1 is 1.62 bits per heavy atom. The third-order valence-electron chi connectivity index (χ3n) is 1.38. The number of Topliss-reactive ketones (excluding diaryl/α,β-unsaturated/α-hetero) is 1. The molecule has 66 valence electrons. The highest BCUT2D eigenvalue weighted by Gasteiger charge is 2.08. The maximum Gasteiger partial charge on any atom is 0.328 e. The van der Waals surface area contributed by atoms with Gasteiger partial charge in [-0.25, -0.2) is 0 Å². The molecule has 0 atom stereocenters. The van der Waals surface area contributed by atoms with E-state index in [0.717, 1.165) is 6.21 Å². The summed E-state index contributed by atoms with van der Waals surface area (Å²) in [6.07, 6.45) is 0.829. The van der Waals surface area contributed by atoms with Crippen molar-refractivity contribution in [2.24, 2.45) is 0 Å². The van der Waals surface area contributed by atoms with Gasteiger partial charge in [-0.2, -0.15) is 4.79 Å².